The van der Waals surface area contributed by atoms with Crippen LogP contribution in [0.5, 0.6) is 5.75 Å². The van der Waals surface area contributed by atoms with Crippen molar-refractivity contribution < 1.29 is 13.9 Å². The van der Waals surface area contributed by atoms with Crippen molar-refractivity contribution in [2.45, 2.75) is 71.0 Å². The molecule has 4 fully saturated rings. The second kappa shape index (κ2) is 9.80. The molecule has 1 amide bonds. The van der Waals surface area contributed by atoms with Crippen LogP contribution in [0, 0.1) is 24.7 Å². The van der Waals surface area contributed by atoms with E-state index in [0.29, 0.717) is 41.2 Å². The van der Waals surface area contributed by atoms with Gasteiger partial charge in [0.05, 0.1) is 23.7 Å². The van der Waals surface area contributed by atoms with Crippen LogP contribution in [0.15, 0.2) is 40.8 Å². The average Bonchev–Trinajstić information content (AvgIpc) is 3.41. The van der Waals surface area contributed by atoms with Crippen LogP contribution in [0.2, 0.25) is 0 Å². The second-order valence-electron chi connectivity index (χ2n) is 13.5. The Morgan fingerprint density at radius 1 is 1.05 bits per heavy atom. The van der Waals surface area contributed by atoms with E-state index in [9.17, 15) is 4.79 Å². The number of amides is 1. The number of hydrogen-bond acceptors (Lipinski definition) is 5. The van der Waals surface area contributed by atoms with Gasteiger partial charge in [-0.3, -0.25) is 4.79 Å². The molecule has 3 atom stereocenters. The van der Waals surface area contributed by atoms with Crippen molar-refractivity contribution in [1.82, 2.24) is 9.47 Å². The first kappa shape index (κ1) is 26.2. The molecule has 0 spiro atoms. The minimum atomic E-state index is 0.0962. The summed E-state index contributed by atoms with van der Waals surface area (Å²) in [6.07, 6.45) is 6.97. The third kappa shape index (κ3) is 4.15. The molecule has 42 heavy (non-hydrogen) atoms. The van der Waals surface area contributed by atoms with E-state index in [-0.39, 0.29) is 5.91 Å². The molecule has 7 heteroatoms. The summed E-state index contributed by atoms with van der Waals surface area (Å²) in [7, 11) is 1.69. The fraction of sp³-hybridized carbons (Fsp3) is 0.514. The number of furan rings is 1. The number of anilines is 1. The molecule has 2 unspecified atom stereocenters. The molecule has 2 aromatic heterocycles. The number of hydrogen-bond donors (Lipinski definition) is 1. The number of aromatic nitrogens is 1. The van der Waals surface area contributed by atoms with Gasteiger partial charge in [-0.25, -0.2) is 0 Å². The predicted octanol–water partition coefficient (Wildman–Crippen LogP) is 6.58. The van der Waals surface area contributed by atoms with E-state index in [1.54, 1.807) is 7.11 Å². The van der Waals surface area contributed by atoms with Crippen molar-refractivity contribution in [3.8, 4) is 17.2 Å². The fourth-order valence-electron chi connectivity index (χ4n) is 8.12. The first-order chi connectivity index (χ1) is 20.4. The lowest BCUT2D eigenvalue weighted by Crippen LogP contribution is -2.39. The smallest absolute Gasteiger partial charge is 0.254 e. The summed E-state index contributed by atoms with van der Waals surface area (Å²) < 4.78 is 15.1. The summed E-state index contributed by atoms with van der Waals surface area (Å²) in [5.41, 5.74) is 12.2. The minimum absolute atomic E-state index is 0.0962. The fourth-order valence-corrected chi connectivity index (χ4v) is 8.12. The van der Waals surface area contributed by atoms with Crippen LogP contribution in [0.1, 0.15) is 61.4 Å². The topological polar surface area (TPSA) is 76.9 Å². The van der Waals surface area contributed by atoms with Gasteiger partial charge in [-0.05, 0) is 93.5 Å². The number of methoxy groups -OCH3 is 1. The Labute approximate surface area is 247 Å². The van der Waals surface area contributed by atoms with Gasteiger partial charge in [0.2, 0.25) is 0 Å². The Morgan fingerprint density at radius 2 is 1.86 bits per heavy atom. The summed E-state index contributed by atoms with van der Waals surface area (Å²) in [6.45, 7) is 8.27. The Morgan fingerprint density at radius 3 is 2.55 bits per heavy atom. The monoisotopic (exact) mass is 566 g/mol. The number of aryl methyl sites for hydroxylation is 1. The molecule has 2 aliphatic heterocycles. The molecule has 8 rings (SSSR count). The lowest BCUT2D eigenvalue weighted by molar-refractivity contribution is 0.0695. The third-order valence-electron chi connectivity index (χ3n) is 10.9. The number of nitrogens with zero attached hydrogens (tertiary/aromatic N) is 3. The lowest BCUT2D eigenvalue weighted by Gasteiger charge is -2.32. The first-order valence-electron chi connectivity index (χ1n) is 16.0. The number of carbonyl (C=O) groups excluding carboxylic acids is 1. The molecule has 2 N–H and O–H groups in total. The molecule has 7 nitrogen and oxygen atoms in total. The van der Waals surface area contributed by atoms with Crippen molar-refractivity contribution >= 4 is 33.5 Å². The molecular weight excluding hydrogens is 524 g/mol. The first-order valence-corrected chi connectivity index (χ1v) is 16.0. The van der Waals surface area contributed by atoms with Gasteiger partial charge in [0.25, 0.3) is 5.91 Å². The van der Waals surface area contributed by atoms with Crippen LogP contribution >= 0.6 is 0 Å². The van der Waals surface area contributed by atoms with Crippen molar-refractivity contribution in [3.05, 3.63) is 47.5 Å². The highest BCUT2D eigenvalue weighted by molar-refractivity contribution is 6.02. The normalized spacial score (nSPS) is 24.4. The quantitative estimate of drug-likeness (QED) is 0.285. The number of ether oxygens (including phenoxy) is 1. The molecule has 2 bridgehead atoms. The molecule has 0 radical (unpaired) electrons. The molecular formula is C35H42N4O3. The van der Waals surface area contributed by atoms with Crippen molar-refractivity contribution in [2.75, 3.05) is 31.6 Å². The molecule has 2 saturated heterocycles. The maximum atomic E-state index is 13.7. The van der Waals surface area contributed by atoms with Gasteiger partial charge in [0.1, 0.15) is 11.3 Å². The number of fused-ring (bicyclic) bond motifs is 4. The Kier molecular flexibility index (Phi) is 6.11. The van der Waals surface area contributed by atoms with Gasteiger partial charge in [0, 0.05) is 60.5 Å². The van der Waals surface area contributed by atoms with E-state index in [2.05, 4.69) is 52.5 Å². The largest absolute Gasteiger partial charge is 0.496 e. The second-order valence-corrected chi connectivity index (χ2v) is 13.5. The number of nitrogens with two attached hydrogens (primary N) is 1. The predicted molar refractivity (Wildman–Crippen MR) is 167 cm³/mol. The molecule has 2 aliphatic carbocycles. The van der Waals surface area contributed by atoms with E-state index < -0.39 is 0 Å². The van der Waals surface area contributed by atoms with Crippen LogP contribution in [0.3, 0.4) is 0 Å². The Balaban J connectivity index is 1.21. The van der Waals surface area contributed by atoms with Crippen LogP contribution in [0.4, 0.5) is 5.69 Å². The van der Waals surface area contributed by atoms with Crippen LogP contribution in [-0.2, 0) is 6.54 Å². The standard InChI is InChI=1S/C35H42N4O3/c1-20-24-7-9-28(20)39(19-24)35(40)25-15-31(41-3)33-21(2)34(42-32(33)16-25)30-14-23-6-8-27(37-12-10-26(36)11-13-37)17-29(23)38(30)18-22-4-5-22/h6,8,14-17,20,22,24,26,28H,4-5,7,9-13,18-19,36H2,1-3H3/t20-,24?,28?/m1/s1. The zero-order chi connectivity index (χ0) is 28.7. The van der Waals surface area contributed by atoms with Crippen LogP contribution in [-0.4, -0.2) is 54.2 Å². The van der Waals surface area contributed by atoms with Gasteiger partial charge >= 0.3 is 0 Å². The van der Waals surface area contributed by atoms with Crippen molar-refractivity contribution in [2.24, 2.45) is 23.5 Å². The van der Waals surface area contributed by atoms with Crippen LogP contribution < -0.4 is 15.4 Å². The van der Waals surface area contributed by atoms with Gasteiger partial charge in [-0.15, -0.1) is 0 Å². The lowest BCUT2D eigenvalue weighted by atomic mass is 10.0. The van der Waals surface area contributed by atoms with E-state index in [1.165, 1.54) is 35.9 Å². The zero-order valence-corrected chi connectivity index (χ0v) is 25.1. The number of carbonyl (C=O) groups is 1. The number of rotatable bonds is 6. The van der Waals surface area contributed by atoms with E-state index >= 15 is 0 Å². The number of piperidine rings is 2. The molecule has 2 saturated carbocycles. The number of likely N-dealkylation sites (tertiary alicyclic amines) is 1. The van der Waals surface area contributed by atoms with E-state index in [0.717, 1.165) is 73.4 Å². The summed E-state index contributed by atoms with van der Waals surface area (Å²) in [5.74, 6) is 3.58. The summed E-state index contributed by atoms with van der Waals surface area (Å²) >= 11 is 0. The SMILES string of the molecule is COc1cc(C(=O)N2CC3CCC2[C@@H]3C)cc2oc(-c3cc4ccc(N5CCC(N)CC5)cc4n3CC3CC3)c(C)c12. The highest BCUT2D eigenvalue weighted by atomic mass is 16.5. The van der Waals surface area contributed by atoms with Gasteiger partial charge < -0.3 is 29.3 Å². The van der Waals surface area contributed by atoms with Crippen molar-refractivity contribution in [1.29, 1.82) is 0 Å². The molecule has 4 heterocycles. The zero-order valence-electron chi connectivity index (χ0n) is 25.1. The van der Waals surface area contributed by atoms with Gasteiger partial charge in [-0.2, -0.15) is 0 Å². The van der Waals surface area contributed by atoms with Crippen LogP contribution in [0.25, 0.3) is 33.3 Å². The summed E-state index contributed by atoms with van der Waals surface area (Å²) in [5, 5.41) is 2.18. The average molecular weight is 567 g/mol. The number of benzene rings is 2. The Bertz CT molecular complexity index is 1690. The third-order valence-corrected chi connectivity index (χ3v) is 10.9. The van der Waals surface area contributed by atoms with E-state index in [1.807, 2.05) is 12.1 Å². The molecule has 4 aliphatic rings. The van der Waals surface area contributed by atoms with Crippen molar-refractivity contribution in [3.63, 3.8) is 0 Å². The minimum Gasteiger partial charge on any atom is -0.496 e. The highest BCUT2D eigenvalue weighted by Crippen LogP contribution is 2.45. The molecule has 220 valence electrons. The molecule has 4 aromatic rings. The van der Waals surface area contributed by atoms with E-state index in [4.69, 9.17) is 14.9 Å². The van der Waals surface area contributed by atoms with Gasteiger partial charge in [0.15, 0.2) is 5.76 Å². The maximum Gasteiger partial charge on any atom is 0.254 e. The Hall–Kier alpha value is -3.45. The summed E-state index contributed by atoms with van der Waals surface area (Å²) in [4.78, 5) is 18.3. The maximum absolute atomic E-state index is 13.7. The molecule has 2 aromatic carbocycles. The van der Waals surface area contributed by atoms with Gasteiger partial charge in [-0.1, -0.05) is 13.0 Å². The highest BCUT2D eigenvalue weighted by Gasteiger charge is 2.46. The summed E-state index contributed by atoms with van der Waals surface area (Å²) in [6, 6.07) is 13.7.